The van der Waals surface area contributed by atoms with Gasteiger partial charge in [0.25, 0.3) is 0 Å². The van der Waals surface area contributed by atoms with Gasteiger partial charge in [-0.1, -0.05) is 17.7 Å². The van der Waals surface area contributed by atoms with Crippen LogP contribution >= 0.6 is 11.6 Å². The average Bonchev–Trinajstić information content (AvgIpc) is 2.75. The van der Waals surface area contributed by atoms with Crippen molar-refractivity contribution >= 4 is 17.6 Å². The molecule has 0 spiro atoms. The van der Waals surface area contributed by atoms with E-state index in [2.05, 4.69) is 5.10 Å². The lowest BCUT2D eigenvalue weighted by molar-refractivity contribution is -0.137. The summed E-state index contributed by atoms with van der Waals surface area (Å²) in [5, 5.41) is 13.5. The maximum atomic E-state index is 10.5. The van der Waals surface area contributed by atoms with E-state index in [0.717, 1.165) is 16.7 Å². The van der Waals surface area contributed by atoms with Crippen LogP contribution in [0.25, 0.3) is 11.1 Å². The first-order valence-corrected chi connectivity index (χ1v) is 5.95. The molecule has 0 fully saturated rings. The molecule has 0 saturated heterocycles. The topological polar surface area (TPSA) is 55.1 Å². The van der Waals surface area contributed by atoms with Crippen LogP contribution < -0.4 is 0 Å². The zero-order valence-electron chi connectivity index (χ0n) is 9.93. The first-order chi connectivity index (χ1) is 8.56. The van der Waals surface area contributed by atoms with Gasteiger partial charge >= 0.3 is 5.97 Å². The molecule has 0 aliphatic rings. The van der Waals surface area contributed by atoms with Crippen LogP contribution in [0.1, 0.15) is 12.0 Å². The van der Waals surface area contributed by atoms with E-state index in [1.165, 1.54) is 0 Å². The molecule has 0 amide bonds. The number of benzene rings is 1. The van der Waals surface area contributed by atoms with Crippen LogP contribution in [0.3, 0.4) is 0 Å². The maximum Gasteiger partial charge on any atom is 0.305 e. The quantitative estimate of drug-likeness (QED) is 0.924. The number of carbonyl (C=O) groups is 1. The van der Waals surface area contributed by atoms with Crippen molar-refractivity contribution in [1.29, 1.82) is 0 Å². The van der Waals surface area contributed by atoms with E-state index in [9.17, 15) is 4.79 Å². The average molecular weight is 265 g/mol. The highest BCUT2D eigenvalue weighted by Crippen LogP contribution is 2.25. The van der Waals surface area contributed by atoms with Crippen LogP contribution in [0.5, 0.6) is 0 Å². The van der Waals surface area contributed by atoms with Gasteiger partial charge in [0.2, 0.25) is 0 Å². The lowest BCUT2D eigenvalue weighted by atomic mass is 10.0. The van der Waals surface area contributed by atoms with E-state index >= 15 is 0 Å². The molecule has 0 unspecified atom stereocenters. The highest BCUT2D eigenvalue weighted by atomic mass is 35.5. The largest absolute Gasteiger partial charge is 0.481 e. The van der Waals surface area contributed by atoms with E-state index in [0.29, 0.717) is 11.6 Å². The third-order valence-corrected chi connectivity index (χ3v) is 2.92. The second-order valence-electron chi connectivity index (χ2n) is 4.10. The molecule has 94 valence electrons. The molecule has 0 aliphatic heterocycles. The van der Waals surface area contributed by atoms with Crippen molar-refractivity contribution in [1.82, 2.24) is 9.78 Å². The van der Waals surface area contributed by atoms with Gasteiger partial charge in [-0.3, -0.25) is 9.48 Å². The fraction of sp³-hybridized carbons (Fsp3) is 0.231. The van der Waals surface area contributed by atoms with Gasteiger partial charge < -0.3 is 5.11 Å². The summed E-state index contributed by atoms with van der Waals surface area (Å²) < 4.78 is 1.64. The molecule has 1 aromatic heterocycles. The fourth-order valence-electron chi connectivity index (χ4n) is 1.79. The van der Waals surface area contributed by atoms with E-state index in [-0.39, 0.29) is 6.42 Å². The highest BCUT2D eigenvalue weighted by Gasteiger charge is 2.06. The third kappa shape index (κ3) is 2.90. The van der Waals surface area contributed by atoms with Gasteiger partial charge in [-0.25, -0.2) is 0 Å². The molecule has 1 N–H and O–H groups in total. The standard InChI is InChI=1S/C13H13ClN2O2/c1-9-6-11(14)2-3-12(9)10-7-15-16(8-10)5-4-13(17)18/h2-3,6-8H,4-5H2,1H3,(H,17,18). The molecule has 4 nitrogen and oxygen atoms in total. The molecule has 1 heterocycles. The summed E-state index contributed by atoms with van der Waals surface area (Å²) in [5.41, 5.74) is 3.09. The molecular weight excluding hydrogens is 252 g/mol. The molecule has 0 bridgehead atoms. The van der Waals surface area contributed by atoms with E-state index in [4.69, 9.17) is 16.7 Å². The van der Waals surface area contributed by atoms with E-state index in [1.54, 1.807) is 10.9 Å². The molecule has 0 aliphatic carbocycles. The maximum absolute atomic E-state index is 10.5. The van der Waals surface area contributed by atoms with Crippen molar-refractivity contribution in [2.75, 3.05) is 0 Å². The summed E-state index contributed by atoms with van der Waals surface area (Å²) in [6, 6.07) is 5.67. The number of aliphatic carboxylic acids is 1. The first kappa shape index (κ1) is 12.6. The number of aryl methyl sites for hydroxylation is 2. The number of rotatable bonds is 4. The Kier molecular flexibility index (Phi) is 3.67. The Morgan fingerprint density at radius 1 is 1.50 bits per heavy atom. The van der Waals surface area contributed by atoms with Crippen LogP contribution in [0.15, 0.2) is 30.6 Å². The summed E-state index contributed by atoms with van der Waals surface area (Å²) in [7, 11) is 0. The molecule has 0 radical (unpaired) electrons. The number of hydrogen-bond donors (Lipinski definition) is 1. The predicted octanol–water partition coefficient (Wildman–Crippen LogP) is 2.99. The van der Waals surface area contributed by atoms with Crippen LogP contribution in [0, 0.1) is 6.92 Å². The highest BCUT2D eigenvalue weighted by molar-refractivity contribution is 6.30. The van der Waals surface area contributed by atoms with Crippen LogP contribution in [-0.2, 0) is 11.3 Å². The van der Waals surface area contributed by atoms with Crippen molar-refractivity contribution < 1.29 is 9.90 Å². The summed E-state index contributed by atoms with van der Waals surface area (Å²) in [5.74, 6) is -0.824. The molecule has 18 heavy (non-hydrogen) atoms. The second kappa shape index (κ2) is 5.23. The van der Waals surface area contributed by atoms with Gasteiger partial charge in [0.15, 0.2) is 0 Å². The van der Waals surface area contributed by atoms with E-state index in [1.807, 2.05) is 31.3 Å². The van der Waals surface area contributed by atoms with Crippen molar-refractivity contribution in [3.05, 3.63) is 41.2 Å². The molecule has 5 heteroatoms. The van der Waals surface area contributed by atoms with E-state index < -0.39 is 5.97 Å². The monoisotopic (exact) mass is 264 g/mol. The van der Waals surface area contributed by atoms with Crippen molar-refractivity contribution in [2.24, 2.45) is 0 Å². The van der Waals surface area contributed by atoms with Gasteiger partial charge in [-0.15, -0.1) is 0 Å². The zero-order chi connectivity index (χ0) is 13.1. The number of hydrogen-bond acceptors (Lipinski definition) is 2. The zero-order valence-corrected chi connectivity index (χ0v) is 10.7. The van der Waals surface area contributed by atoms with Gasteiger partial charge in [0, 0.05) is 16.8 Å². The van der Waals surface area contributed by atoms with Crippen molar-refractivity contribution in [3.63, 3.8) is 0 Å². The molecule has 2 aromatic rings. The van der Waals surface area contributed by atoms with Crippen molar-refractivity contribution in [3.8, 4) is 11.1 Å². The smallest absolute Gasteiger partial charge is 0.305 e. The minimum absolute atomic E-state index is 0.0702. The minimum atomic E-state index is -0.824. The second-order valence-corrected chi connectivity index (χ2v) is 4.53. The van der Waals surface area contributed by atoms with Gasteiger partial charge in [0.05, 0.1) is 19.2 Å². The molecule has 0 saturated carbocycles. The number of carboxylic acid groups (broad SMARTS) is 1. The number of nitrogens with zero attached hydrogens (tertiary/aromatic N) is 2. The van der Waals surface area contributed by atoms with Crippen molar-refractivity contribution in [2.45, 2.75) is 19.9 Å². The van der Waals surface area contributed by atoms with Gasteiger partial charge in [-0.05, 0) is 30.2 Å². The summed E-state index contributed by atoms with van der Waals surface area (Å²) in [6.45, 7) is 2.36. The molecule has 2 rings (SSSR count). The van der Waals surface area contributed by atoms with Crippen LogP contribution in [0.2, 0.25) is 5.02 Å². The minimum Gasteiger partial charge on any atom is -0.481 e. The van der Waals surface area contributed by atoms with Crippen LogP contribution in [-0.4, -0.2) is 20.9 Å². The Labute approximate surface area is 110 Å². The lowest BCUT2D eigenvalue weighted by Gasteiger charge is -2.03. The summed E-state index contributed by atoms with van der Waals surface area (Å²) in [4.78, 5) is 10.5. The molecular formula is C13H13ClN2O2. The Bertz CT molecular complexity index is 578. The molecule has 0 atom stereocenters. The number of aromatic nitrogens is 2. The molecule has 1 aromatic carbocycles. The summed E-state index contributed by atoms with van der Waals surface area (Å²) >= 11 is 5.91. The lowest BCUT2D eigenvalue weighted by Crippen LogP contribution is -2.04. The Morgan fingerprint density at radius 3 is 2.94 bits per heavy atom. The Hall–Kier alpha value is -1.81. The van der Waals surface area contributed by atoms with Gasteiger partial charge in [-0.2, -0.15) is 5.10 Å². The summed E-state index contributed by atoms with van der Waals surface area (Å²) in [6.07, 6.45) is 3.65. The SMILES string of the molecule is Cc1cc(Cl)ccc1-c1cnn(CCC(=O)O)c1. The number of carboxylic acids is 1. The third-order valence-electron chi connectivity index (χ3n) is 2.69. The number of halogens is 1. The Morgan fingerprint density at radius 2 is 2.28 bits per heavy atom. The first-order valence-electron chi connectivity index (χ1n) is 5.57. The fourth-order valence-corrected chi connectivity index (χ4v) is 2.01. The Balaban J connectivity index is 2.21. The van der Waals surface area contributed by atoms with Crippen LogP contribution in [0.4, 0.5) is 0 Å². The predicted molar refractivity (Wildman–Crippen MR) is 69.7 cm³/mol. The van der Waals surface area contributed by atoms with Gasteiger partial charge in [0.1, 0.15) is 0 Å². The normalized spacial score (nSPS) is 10.6.